The second kappa shape index (κ2) is 3.42. The maximum Gasteiger partial charge on any atom is 0.316 e. The van der Waals surface area contributed by atoms with Crippen LogP contribution in [0, 0.1) is 5.92 Å². The molecule has 0 aliphatic carbocycles. The van der Waals surface area contributed by atoms with Gasteiger partial charge in [-0.15, -0.1) is 0 Å². The van der Waals surface area contributed by atoms with Gasteiger partial charge in [0.15, 0.2) is 5.78 Å². The van der Waals surface area contributed by atoms with Gasteiger partial charge < -0.3 is 10.4 Å². The third-order valence-corrected chi connectivity index (χ3v) is 3.07. The molecule has 4 nitrogen and oxygen atoms in total. The molecule has 0 aromatic carbocycles. The molecule has 0 unspecified atom stereocenters. The van der Waals surface area contributed by atoms with Gasteiger partial charge in [-0.1, -0.05) is 0 Å². The first kappa shape index (κ1) is 9.50. The number of carboxylic acids is 1. The molecular weight excluding hydrogens is 273 g/mol. The van der Waals surface area contributed by atoms with Gasteiger partial charge in [-0.05, 0) is 29.5 Å². The molecule has 1 rings (SSSR count). The van der Waals surface area contributed by atoms with Crippen LogP contribution in [0.5, 0.6) is 0 Å². The number of Topliss-reactive ketones (excluding diaryl/α,β-unsaturated/α-hetero) is 1. The summed E-state index contributed by atoms with van der Waals surface area (Å²) in [7, 11) is 0. The summed E-state index contributed by atoms with van der Waals surface area (Å²) < 4.78 is 0.492. The normalized spacial score (nSPS) is 23.8. The van der Waals surface area contributed by atoms with E-state index in [9.17, 15) is 9.59 Å². The minimum atomic E-state index is -1.06. The van der Waals surface area contributed by atoms with E-state index in [1.165, 1.54) is 0 Å². The number of hydrogen-bond donors (Lipinski definition) is 2. The minimum Gasteiger partial charge on any atom is -0.481 e. The zero-order chi connectivity index (χ0) is 9.30. The number of carbonyl (C=O) groups excluding carboxylic acids is 1. The molecule has 0 bridgehead atoms. The number of allylic oxidation sites excluding steroid dienone is 2. The molecule has 0 saturated carbocycles. The van der Waals surface area contributed by atoms with E-state index in [1.54, 1.807) is 6.92 Å². The van der Waals surface area contributed by atoms with Gasteiger partial charge in [0.2, 0.25) is 0 Å². The Hall–Kier alpha value is -0.590. The first-order valence-corrected chi connectivity index (χ1v) is 4.49. The highest BCUT2D eigenvalue weighted by atomic mass is 127. The van der Waals surface area contributed by atoms with E-state index in [0.717, 1.165) is 5.70 Å². The van der Waals surface area contributed by atoms with Crippen molar-refractivity contribution in [3.63, 3.8) is 0 Å². The van der Waals surface area contributed by atoms with Gasteiger partial charge in [0.1, 0.15) is 5.92 Å². The second-order valence-corrected chi connectivity index (χ2v) is 3.65. The lowest BCUT2D eigenvalue weighted by molar-refractivity contribution is -0.145. The quantitative estimate of drug-likeness (QED) is 0.543. The van der Waals surface area contributed by atoms with Crippen LogP contribution in [0.4, 0.5) is 0 Å². The molecule has 0 spiro atoms. The van der Waals surface area contributed by atoms with Crippen LogP contribution >= 0.6 is 22.6 Å². The number of nitrogens with one attached hydrogen (secondary N) is 1. The Morgan fingerprint density at radius 3 is 2.83 bits per heavy atom. The molecule has 12 heavy (non-hydrogen) atoms. The molecule has 1 aliphatic heterocycles. The summed E-state index contributed by atoms with van der Waals surface area (Å²) in [4.78, 5) is 21.8. The van der Waals surface area contributed by atoms with E-state index < -0.39 is 11.9 Å². The number of halogens is 1. The molecular formula is C7H8INO3. The van der Waals surface area contributed by atoms with Crippen molar-refractivity contribution in [2.24, 2.45) is 5.92 Å². The fraction of sp³-hybridized carbons (Fsp3) is 0.429. The number of ketones is 1. The van der Waals surface area contributed by atoms with Gasteiger partial charge in [0.25, 0.3) is 0 Å². The average Bonchev–Trinajstić information content (AvgIpc) is 2.00. The Labute approximate surface area is 83.2 Å². The molecule has 66 valence electrons. The van der Waals surface area contributed by atoms with E-state index in [-0.39, 0.29) is 12.3 Å². The number of rotatable bonds is 1. The van der Waals surface area contributed by atoms with Gasteiger partial charge in [-0.25, -0.2) is 0 Å². The first-order chi connectivity index (χ1) is 5.54. The van der Waals surface area contributed by atoms with Gasteiger partial charge >= 0.3 is 5.97 Å². The van der Waals surface area contributed by atoms with Crippen LogP contribution in [0.15, 0.2) is 9.28 Å². The van der Waals surface area contributed by atoms with E-state index in [2.05, 4.69) is 5.32 Å². The van der Waals surface area contributed by atoms with Gasteiger partial charge in [0.05, 0.1) is 3.58 Å². The van der Waals surface area contributed by atoms with E-state index >= 15 is 0 Å². The fourth-order valence-corrected chi connectivity index (χ4v) is 1.53. The van der Waals surface area contributed by atoms with E-state index in [4.69, 9.17) is 5.11 Å². The third-order valence-electron chi connectivity index (χ3n) is 1.73. The number of carboxylic acid groups (broad SMARTS) is 1. The smallest absolute Gasteiger partial charge is 0.316 e. The zero-order valence-corrected chi connectivity index (χ0v) is 8.58. The van der Waals surface area contributed by atoms with Gasteiger partial charge in [0, 0.05) is 12.2 Å². The monoisotopic (exact) mass is 281 g/mol. The molecule has 1 aliphatic rings. The average molecular weight is 281 g/mol. The largest absolute Gasteiger partial charge is 0.481 e. The van der Waals surface area contributed by atoms with Crippen molar-refractivity contribution in [3.05, 3.63) is 9.28 Å². The van der Waals surface area contributed by atoms with Crippen LogP contribution in [-0.2, 0) is 9.59 Å². The van der Waals surface area contributed by atoms with Crippen molar-refractivity contribution >= 4 is 34.3 Å². The predicted octanol–water partition coefficient (Wildman–Crippen LogP) is 0.526. The van der Waals surface area contributed by atoms with E-state index in [0.29, 0.717) is 3.58 Å². The number of carbonyl (C=O) groups is 2. The predicted molar refractivity (Wildman–Crippen MR) is 50.9 cm³/mol. The second-order valence-electron chi connectivity index (χ2n) is 2.57. The number of hydrogen-bond acceptors (Lipinski definition) is 3. The van der Waals surface area contributed by atoms with Crippen LogP contribution in [0.1, 0.15) is 6.92 Å². The highest BCUT2D eigenvalue weighted by Gasteiger charge is 2.31. The van der Waals surface area contributed by atoms with Gasteiger partial charge in [-0.2, -0.15) is 0 Å². The Morgan fingerprint density at radius 1 is 1.75 bits per heavy atom. The van der Waals surface area contributed by atoms with Crippen LogP contribution in [-0.4, -0.2) is 23.4 Å². The molecule has 0 radical (unpaired) electrons. The Bertz CT molecular complexity index is 272. The van der Waals surface area contributed by atoms with Crippen LogP contribution in [0.25, 0.3) is 0 Å². The molecule has 1 heterocycles. The summed E-state index contributed by atoms with van der Waals surface area (Å²) in [5.41, 5.74) is 0.762. The van der Waals surface area contributed by atoms with Crippen molar-refractivity contribution in [2.45, 2.75) is 6.92 Å². The summed E-state index contributed by atoms with van der Waals surface area (Å²) in [6.07, 6.45) is 0. The molecule has 1 atom stereocenters. The standard InChI is InChI=1S/C7H8INO3/c1-3-5(8)6(10)4(2-9-3)7(11)12/h4,9H,2H2,1H3,(H,11,12)/t4-/m0/s1. The highest BCUT2D eigenvalue weighted by Crippen LogP contribution is 2.21. The SMILES string of the molecule is CC1=C(I)C(=O)[C@@H](C(=O)O)CN1. The van der Waals surface area contributed by atoms with Crippen LogP contribution in [0.2, 0.25) is 0 Å². The van der Waals surface area contributed by atoms with Crippen molar-refractivity contribution in [2.75, 3.05) is 6.54 Å². The summed E-state index contributed by atoms with van der Waals surface area (Å²) in [5.74, 6) is -2.27. The van der Waals surface area contributed by atoms with Crippen molar-refractivity contribution in [3.8, 4) is 0 Å². The van der Waals surface area contributed by atoms with Crippen molar-refractivity contribution < 1.29 is 14.7 Å². The zero-order valence-electron chi connectivity index (χ0n) is 6.43. The minimum absolute atomic E-state index is 0.201. The summed E-state index contributed by atoms with van der Waals surface area (Å²) in [5, 5.41) is 11.5. The van der Waals surface area contributed by atoms with E-state index in [1.807, 2.05) is 22.6 Å². The van der Waals surface area contributed by atoms with Crippen LogP contribution in [0.3, 0.4) is 0 Å². The molecule has 0 aromatic heterocycles. The maximum atomic E-state index is 11.3. The molecule has 0 amide bonds. The summed E-state index contributed by atoms with van der Waals surface area (Å²) in [6, 6.07) is 0. The Kier molecular flexibility index (Phi) is 2.71. The molecule has 0 aromatic rings. The topological polar surface area (TPSA) is 66.4 Å². The highest BCUT2D eigenvalue weighted by molar-refractivity contribution is 14.1. The van der Waals surface area contributed by atoms with Crippen molar-refractivity contribution in [1.29, 1.82) is 0 Å². The summed E-state index contributed by atoms with van der Waals surface area (Å²) >= 11 is 1.86. The molecule has 2 N–H and O–H groups in total. The van der Waals surface area contributed by atoms with Crippen molar-refractivity contribution in [1.82, 2.24) is 5.32 Å². The molecule has 0 saturated heterocycles. The first-order valence-electron chi connectivity index (χ1n) is 3.41. The Balaban J connectivity index is 2.91. The van der Waals surface area contributed by atoms with Crippen LogP contribution < -0.4 is 5.32 Å². The third kappa shape index (κ3) is 1.60. The number of aliphatic carboxylic acids is 1. The fourth-order valence-electron chi connectivity index (χ4n) is 0.963. The summed E-state index contributed by atoms with van der Waals surface area (Å²) in [6.45, 7) is 1.96. The molecule has 0 fully saturated rings. The Morgan fingerprint density at radius 2 is 2.33 bits per heavy atom. The molecule has 5 heteroatoms. The van der Waals surface area contributed by atoms with Gasteiger partial charge in [-0.3, -0.25) is 9.59 Å². The lowest BCUT2D eigenvalue weighted by Crippen LogP contribution is -2.38. The lowest BCUT2D eigenvalue weighted by Gasteiger charge is -2.20. The maximum absolute atomic E-state index is 11.3. The lowest BCUT2D eigenvalue weighted by atomic mass is 10.0.